The molecule has 0 aliphatic heterocycles. The van der Waals surface area contributed by atoms with Gasteiger partial charge in [-0.2, -0.15) is 0 Å². The van der Waals surface area contributed by atoms with Crippen molar-refractivity contribution >= 4 is 11.9 Å². The number of ether oxygens (including phenoxy) is 1. The molecule has 0 saturated heterocycles. The summed E-state index contributed by atoms with van der Waals surface area (Å²) in [5, 5.41) is 9.05. The van der Waals surface area contributed by atoms with Gasteiger partial charge in [-0.3, -0.25) is 9.78 Å². The van der Waals surface area contributed by atoms with Gasteiger partial charge in [0.25, 0.3) is 0 Å². The second kappa shape index (κ2) is 3.59. The molecule has 2 rings (SSSR count). The molecule has 1 saturated carbocycles. The van der Waals surface area contributed by atoms with E-state index in [1.54, 1.807) is 6.07 Å². The van der Waals surface area contributed by atoms with E-state index in [1.807, 2.05) is 0 Å². The molecule has 0 spiro atoms. The molecule has 84 valence electrons. The van der Waals surface area contributed by atoms with Crippen molar-refractivity contribution in [3.63, 3.8) is 0 Å². The van der Waals surface area contributed by atoms with E-state index in [9.17, 15) is 9.59 Å². The van der Waals surface area contributed by atoms with Gasteiger partial charge in [0.1, 0.15) is 5.41 Å². The Morgan fingerprint density at radius 1 is 1.44 bits per heavy atom. The summed E-state index contributed by atoms with van der Waals surface area (Å²) in [5.74, 6) is -1.33. The van der Waals surface area contributed by atoms with Crippen molar-refractivity contribution in [2.45, 2.75) is 18.3 Å². The third kappa shape index (κ3) is 1.54. The Morgan fingerprint density at radius 2 is 2.12 bits per heavy atom. The van der Waals surface area contributed by atoms with Crippen molar-refractivity contribution < 1.29 is 19.4 Å². The van der Waals surface area contributed by atoms with Crippen molar-refractivity contribution in [2.75, 3.05) is 7.11 Å². The number of carbonyl (C=O) groups excluding carboxylic acids is 1. The third-order valence-corrected chi connectivity index (χ3v) is 2.83. The maximum Gasteiger partial charge on any atom is 0.339 e. The minimum atomic E-state index is -0.856. The minimum Gasteiger partial charge on any atom is -0.481 e. The number of pyridine rings is 1. The quantitative estimate of drug-likeness (QED) is 0.770. The van der Waals surface area contributed by atoms with Crippen LogP contribution in [0.25, 0.3) is 0 Å². The van der Waals surface area contributed by atoms with E-state index in [1.165, 1.54) is 19.4 Å². The van der Waals surface area contributed by atoms with Gasteiger partial charge in [0, 0.05) is 6.20 Å². The van der Waals surface area contributed by atoms with Gasteiger partial charge in [-0.15, -0.1) is 0 Å². The molecule has 1 aliphatic carbocycles. The Kier molecular flexibility index (Phi) is 2.38. The zero-order valence-electron chi connectivity index (χ0n) is 8.77. The van der Waals surface area contributed by atoms with Crippen LogP contribution in [0.5, 0.6) is 0 Å². The summed E-state index contributed by atoms with van der Waals surface area (Å²) >= 11 is 0. The zero-order chi connectivity index (χ0) is 11.8. The molecule has 1 aromatic heterocycles. The Hall–Kier alpha value is -1.91. The average molecular weight is 221 g/mol. The first-order valence-corrected chi connectivity index (χ1v) is 4.88. The van der Waals surface area contributed by atoms with E-state index in [0.717, 1.165) is 0 Å². The molecular formula is C11H11NO4. The van der Waals surface area contributed by atoms with Crippen molar-refractivity contribution in [3.05, 3.63) is 29.6 Å². The van der Waals surface area contributed by atoms with Crippen molar-refractivity contribution in [3.8, 4) is 0 Å². The van der Waals surface area contributed by atoms with Crippen LogP contribution in [0.1, 0.15) is 28.9 Å². The number of nitrogens with zero attached hydrogens (tertiary/aromatic N) is 1. The Bertz CT molecular complexity index is 434. The number of esters is 1. The maximum atomic E-state index is 11.1. The summed E-state index contributed by atoms with van der Waals surface area (Å²) in [4.78, 5) is 26.2. The fourth-order valence-corrected chi connectivity index (χ4v) is 1.62. The van der Waals surface area contributed by atoms with E-state index >= 15 is 0 Å². The molecule has 5 nitrogen and oxygen atoms in total. The molecule has 1 fully saturated rings. The largest absolute Gasteiger partial charge is 0.481 e. The highest BCUT2D eigenvalue weighted by Crippen LogP contribution is 2.47. The monoisotopic (exact) mass is 221 g/mol. The molecule has 1 heterocycles. The molecule has 0 radical (unpaired) electrons. The lowest BCUT2D eigenvalue weighted by molar-refractivity contribution is -0.140. The number of hydrogen-bond donors (Lipinski definition) is 1. The lowest BCUT2D eigenvalue weighted by Gasteiger charge is -2.08. The summed E-state index contributed by atoms with van der Waals surface area (Å²) in [6.07, 6.45) is 2.56. The molecule has 1 aliphatic rings. The summed E-state index contributed by atoms with van der Waals surface area (Å²) in [6, 6.07) is 3.12. The highest BCUT2D eigenvalue weighted by atomic mass is 16.5. The van der Waals surface area contributed by atoms with Crippen LogP contribution in [0.3, 0.4) is 0 Å². The fraction of sp³-hybridized carbons (Fsp3) is 0.364. The number of rotatable bonds is 3. The van der Waals surface area contributed by atoms with Crippen LogP contribution < -0.4 is 0 Å². The standard InChI is InChI=1S/C11H11NO4/c1-16-9(13)7-2-3-8(12-6-7)11(4-5-11)10(14)15/h2-3,6H,4-5H2,1H3,(H,14,15). The molecule has 0 amide bonds. The van der Waals surface area contributed by atoms with Gasteiger partial charge in [0.05, 0.1) is 18.4 Å². The molecule has 0 atom stereocenters. The van der Waals surface area contributed by atoms with Gasteiger partial charge >= 0.3 is 11.9 Å². The number of methoxy groups -OCH3 is 1. The van der Waals surface area contributed by atoms with Gasteiger partial charge in [0.15, 0.2) is 0 Å². The van der Waals surface area contributed by atoms with Crippen LogP contribution in [-0.4, -0.2) is 29.1 Å². The predicted molar refractivity (Wildman–Crippen MR) is 54.1 cm³/mol. The highest BCUT2D eigenvalue weighted by Gasteiger charge is 2.53. The van der Waals surface area contributed by atoms with Gasteiger partial charge in [0.2, 0.25) is 0 Å². The van der Waals surface area contributed by atoms with Crippen molar-refractivity contribution in [1.82, 2.24) is 4.98 Å². The fourth-order valence-electron chi connectivity index (χ4n) is 1.62. The molecule has 0 unspecified atom stereocenters. The zero-order valence-corrected chi connectivity index (χ0v) is 8.77. The van der Waals surface area contributed by atoms with Crippen LogP contribution in [0, 0.1) is 0 Å². The van der Waals surface area contributed by atoms with Gasteiger partial charge in [-0.25, -0.2) is 4.79 Å². The SMILES string of the molecule is COC(=O)c1ccc(C2(C(=O)O)CC2)nc1. The Morgan fingerprint density at radius 3 is 2.50 bits per heavy atom. The van der Waals surface area contributed by atoms with E-state index in [-0.39, 0.29) is 0 Å². The highest BCUT2D eigenvalue weighted by molar-refractivity contribution is 5.89. The first kappa shape index (κ1) is 10.6. The summed E-state index contributed by atoms with van der Waals surface area (Å²) in [7, 11) is 1.29. The molecule has 0 bridgehead atoms. The third-order valence-electron chi connectivity index (χ3n) is 2.83. The van der Waals surface area contributed by atoms with Crippen LogP contribution in [-0.2, 0) is 14.9 Å². The summed E-state index contributed by atoms with van der Waals surface area (Å²) in [6.45, 7) is 0. The van der Waals surface area contributed by atoms with Crippen molar-refractivity contribution in [1.29, 1.82) is 0 Å². The van der Waals surface area contributed by atoms with Crippen LogP contribution in [0.2, 0.25) is 0 Å². The Labute approximate surface area is 92.1 Å². The Balaban J connectivity index is 2.27. The van der Waals surface area contributed by atoms with E-state index in [4.69, 9.17) is 5.11 Å². The smallest absolute Gasteiger partial charge is 0.339 e. The second-order valence-corrected chi connectivity index (χ2v) is 3.81. The molecule has 0 aromatic carbocycles. The summed E-state index contributed by atoms with van der Waals surface area (Å²) in [5.41, 5.74) is 0.00867. The van der Waals surface area contributed by atoms with Gasteiger partial charge in [-0.05, 0) is 25.0 Å². The molecule has 1 aromatic rings. The average Bonchev–Trinajstić information content (AvgIpc) is 3.09. The maximum absolute atomic E-state index is 11.1. The summed E-state index contributed by atoms with van der Waals surface area (Å²) < 4.78 is 4.53. The first-order valence-electron chi connectivity index (χ1n) is 4.88. The van der Waals surface area contributed by atoms with Crippen LogP contribution in [0.4, 0.5) is 0 Å². The molecule has 5 heteroatoms. The number of hydrogen-bond acceptors (Lipinski definition) is 4. The molecule has 16 heavy (non-hydrogen) atoms. The normalized spacial score (nSPS) is 16.6. The molecule has 1 N–H and O–H groups in total. The first-order chi connectivity index (χ1) is 7.60. The lowest BCUT2D eigenvalue weighted by Crippen LogP contribution is -2.21. The number of carboxylic acid groups (broad SMARTS) is 1. The van der Waals surface area contributed by atoms with E-state index in [0.29, 0.717) is 24.1 Å². The number of aliphatic carboxylic acids is 1. The van der Waals surface area contributed by atoms with Gasteiger partial charge < -0.3 is 9.84 Å². The molecular weight excluding hydrogens is 210 g/mol. The lowest BCUT2D eigenvalue weighted by atomic mass is 10.0. The second-order valence-electron chi connectivity index (χ2n) is 3.81. The number of carbonyl (C=O) groups is 2. The minimum absolute atomic E-state index is 0.326. The topological polar surface area (TPSA) is 76.5 Å². The van der Waals surface area contributed by atoms with Crippen molar-refractivity contribution in [2.24, 2.45) is 0 Å². The van der Waals surface area contributed by atoms with Gasteiger partial charge in [-0.1, -0.05) is 0 Å². The number of carboxylic acids is 1. The van der Waals surface area contributed by atoms with Crippen LogP contribution >= 0.6 is 0 Å². The van der Waals surface area contributed by atoms with E-state index < -0.39 is 17.4 Å². The van der Waals surface area contributed by atoms with E-state index in [2.05, 4.69) is 9.72 Å². The number of aromatic nitrogens is 1. The predicted octanol–water partition coefficient (Wildman–Crippen LogP) is 0.984. The van der Waals surface area contributed by atoms with Crippen LogP contribution in [0.15, 0.2) is 18.3 Å².